The Balaban J connectivity index is 2.33. The van der Waals surface area contributed by atoms with Crippen molar-refractivity contribution < 1.29 is 28.2 Å². The van der Waals surface area contributed by atoms with Crippen molar-refractivity contribution in [2.24, 2.45) is 5.41 Å². The Morgan fingerprint density at radius 3 is 2.44 bits per heavy atom. The maximum absolute atomic E-state index is 13.3. The van der Waals surface area contributed by atoms with Gasteiger partial charge in [0.1, 0.15) is 30.1 Å². The van der Waals surface area contributed by atoms with E-state index < -0.39 is 46.9 Å². The van der Waals surface area contributed by atoms with E-state index in [2.05, 4.69) is 10.6 Å². The van der Waals surface area contributed by atoms with E-state index in [9.17, 15) is 18.8 Å². The zero-order chi connectivity index (χ0) is 20.4. The molecule has 1 aliphatic rings. The van der Waals surface area contributed by atoms with Crippen molar-refractivity contribution in [1.29, 1.82) is 0 Å². The van der Waals surface area contributed by atoms with Crippen molar-refractivity contribution in [3.05, 3.63) is 35.6 Å². The molecular formula is C19H25FN2O5. The van der Waals surface area contributed by atoms with E-state index in [1.54, 1.807) is 34.6 Å². The van der Waals surface area contributed by atoms with Gasteiger partial charge in [-0.3, -0.25) is 4.79 Å². The number of Topliss-reactive ketones (excluding diaryl/α,β-unsaturated/α-hetero) is 1. The van der Waals surface area contributed by atoms with Crippen molar-refractivity contribution >= 4 is 18.0 Å². The molecule has 7 nitrogen and oxygen atoms in total. The second kappa shape index (κ2) is 7.54. The molecule has 0 aliphatic carbocycles. The van der Waals surface area contributed by atoms with Gasteiger partial charge >= 0.3 is 12.2 Å². The molecule has 1 aliphatic heterocycles. The van der Waals surface area contributed by atoms with Crippen LogP contribution in [-0.2, 0) is 14.3 Å². The second-order valence-electron chi connectivity index (χ2n) is 8.18. The van der Waals surface area contributed by atoms with Crippen LogP contribution in [0.1, 0.15) is 46.2 Å². The number of ketones is 1. The van der Waals surface area contributed by atoms with E-state index in [1.807, 2.05) is 0 Å². The summed E-state index contributed by atoms with van der Waals surface area (Å²) in [6.45, 7) is 8.68. The van der Waals surface area contributed by atoms with Gasteiger partial charge in [0, 0.05) is 5.41 Å². The summed E-state index contributed by atoms with van der Waals surface area (Å²) in [5.41, 5.74) is -1.07. The van der Waals surface area contributed by atoms with E-state index in [1.165, 1.54) is 24.3 Å². The molecule has 0 aromatic heterocycles. The summed E-state index contributed by atoms with van der Waals surface area (Å²) in [7, 11) is 0. The van der Waals surface area contributed by atoms with Gasteiger partial charge in [-0.15, -0.1) is 0 Å². The summed E-state index contributed by atoms with van der Waals surface area (Å²) in [5.74, 6) is -0.920. The van der Waals surface area contributed by atoms with Gasteiger partial charge in [0.2, 0.25) is 0 Å². The van der Waals surface area contributed by atoms with Crippen LogP contribution in [0.25, 0.3) is 0 Å². The number of carbonyl (C=O) groups excluding carboxylic acids is 3. The van der Waals surface area contributed by atoms with Crippen LogP contribution < -0.4 is 10.6 Å². The lowest BCUT2D eigenvalue weighted by atomic mass is 9.79. The molecule has 27 heavy (non-hydrogen) atoms. The van der Waals surface area contributed by atoms with Crippen LogP contribution in [-0.4, -0.2) is 36.2 Å². The minimum atomic E-state index is -1.12. The highest BCUT2D eigenvalue weighted by atomic mass is 19.1. The quantitative estimate of drug-likeness (QED) is 0.837. The molecule has 1 aromatic rings. The lowest BCUT2D eigenvalue weighted by Crippen LogP contribution is -2.59. The highest BCUT2D eigenvalue weighted by Crippen LogP contribution is 2.29. The minimum absolute atomic E-state index is 0.0534. The van der Waals surface area contributed by atoms with Gasteiger partial charge in [-0.1, -0.05) is 26.0 Å². The summed E-state index contributed by atoms with van der Waals surface area (Å²) in [4.78, 5) is 37.1. The highest BCUT2D eigenvalue weighted by molar-refractivity contribution is 5.95. The molecule has 2 amide bonds. The van der Waals surface area contributed by atoms with Crippen LogP contribution in [0.15, 0.2) is 24.3 Å². The smallest absolute Gasteiger partial charge is 0.408 e. The average molecular weight is 380 g/mol. The zero-order valence-corrected chi connectivity index (χ0v) is 16.1. The van der Waals surface area contributed by atoms with Gasteiger partial charge in [-0.05, 0) is 38.5 Å². The fourth-order valence-corrected chi connectivity index (χ4v) is 2.71. The summed E-state index contributed by atoms with van der Waals surface area (Å²) in [5, 5.41) is 5.05. The van der Waals surface area contributed by atoms with E-state index in [0.717, 1.165) is 0 Å². The van der Waals surface area contributed by atoms with Crippen molar-refractivity contribution in [1.82, 2.24) is 10.6 Å². The fourth-order valence-electron chi connectivity index (χ4n) is 2.71. The van der Waals surface area contributed by atoms with Gasteiger partial charge in [-0.2, -0.15) is 0 Å². The normalized spacial score (nSPS) is 20.1. The largest absolute Gasteiger partial charge is 0.449 e. The Morgan fingerprint density at radius 1 is 1.30 bits per heavy atom. The first kappa shape index (κ1) is 20.7. The minimum Gasteiger partial charge on any atom is -0.449 e. The maximum Gasteiger partial charge on any atom is 0.408 e. The number of ether oxygens (including phenoxy) is 2. The van der Waals surface area contributed by atoms with Gasteiger partial charge in [0.25, 0.3) is 0 Å². The molecule has 2 rings (SSSR count). The standard InChI is InChI=1S/C19H25FN2O5/c1-18(2,3)27-17(25)21-13(11-6-8-12(20)9-7-11)14(23)15-19(4,5)10-26-16(24)22-15/h6-9,13,15H,10H2,1-5H3,(H,21,25)(H,22,24)/t13-,15+/m0/s1. The molecule has 0 spiro atoms. The fraction of sp³-hybridized carbons (Fsp3) is 0.526. The lowest BCUT2D eigenvalue weighted by Gasteiger charge is -2.38. The van der Waals surface area contributed by atoms with Gasteiger partial charge in [0.15, 0.2) is 5.78 Å². The first-order valence-electron chi connectivity index (χ1n) is 8.61. The molecule has 1 aromatic carbocycles. The lowest BCUT2D eigenvalue weighted by molar-refractivity contribution is -0.128. The second-order valence-corrected chi connectivity index (χ2v) is 8.18. The average Bonchev–Trinajstić information content (AvgIpc) is 2.54. The SMILES string of the molecule is CC(C)(C)OC(=O)N[C@H](C(=O)[C@H]1NC(=O)OCC1(C)C)c1ccc(F)cc1. The molecule has 0 bridgehead atoms. The van der Waals surface area contributed by atoms with Crippen LogP contribution in [0.2, 0.25) is 0 Å². The van der Waals surface area contributed by atoms with Crippen LogP contribution in [0.3, 0.4) is 0 Å². The number of nitrogens with one attached hydrogen (secondary N) is 2. The molecule has 2 atom stereocenters. The maximum atomic E-state index is 13.3. The number of amides is 2. The molecule has 0 saturated carbocycles. The predicted molar refractivity (Wildman–Crippen MR) is 95.6 cm³/mol. The third kappa shape index (κ3) is 5.42. The third-order valence-electron chi connectivity index (χ3n) is 4.05. The Bertz CT molecular complexity index is 725. The third-order valence-corrected chi connectivity index (χ3v) is 4.05. The topological polar surface area (TPSA) is 93.7 Å². The van der Waals surface area contributed by atoms with Crippen LogP contribution in [0, 0.1) is 11.2 Å². The van der Waals surface area contributed by atoms with Crippen LogP contribution >= 0.6 is 0 Å². The van der Waals surface area contributed by atoms with Gasteiger partial charge in [-0.25, -0.2) is 14.0 Å². The molecule has 0 radical (unpaired) electrons. The summed E-state index contributed by atoms with van der Waals surface area (Å²) >= 11 is 0. The number of carbonyl (C=O) groups is 3. The molecule has 2 N–H and O–H groups in total. The Labute approximate surface area is 157 Å². The van der Waals surface area contributed by atoms with Gasteiger partial charge in [0.05, 0.1) is 0 Å². The number of hydrogen-bond acceptors (Lipinski definition) is 5. The molecule has 1 fully saturated rings. The van der Waals surface area contributed by atoms with Crippen LogP contribution in [0.4, 0.5) is 14.0 Å². The number of cyclic esters (lactones) is 1. The molecule has 148 valence electrons. The first-order chi connectivity index (χ1) is 12.4. The van der Waals surface area contributed by atoms with E-state index in [0.29, 0.717) is 5.56 Å². The Morgan fingerprint density at radius 2 is 1.89 bits per heavy atom. The summed E-state index contributed by atoms with van der Waals surface area (Å²) < 4.78 is 23.5. The number of halogens is 1. The van der Waals surface area contributed by atoms with Crippen molar-refractivity contribution in [3.63, 3.8) is 0 Å². The molecule has 1 heterocycles. The monoisotopic (exact) mass is 380 g/mol. The van der Waals surface area contributed by atoms with Crippen LogP contribution in [0.5, 0.6) is 0 Å². The molecule has 8 heteroatoms. The number of hydrogen-bond donors (Lipinski definition) is 2. The number of benzene rings is 1. The first-order valence-corrected chi connectivity index (χ1v) is 8.61. The number of rotatable bonds is 4. The Kier molecular flexibility index (Phi) is 5.77. The van der Waals surface area contributed by atoms with E-state index in [4.69, 9.17) is 9.47 Å². The van der Waals surface area contributed by atoms with Crippen molar-refractivity contribution in [2.45, 2.75) is 52.3 Å². The van der Waals surface area contributed by atoms with E-state index >= 15 is 0 Å². The zero-order valence-electron chi connectivity index (χ0n) is 16.1. The predicted octanol–water partition coefficient (Wildman–Crippen LogP) is 3.10. The summed E-state index contributed by atoms with van der Waals surface area (Å²) in [6, 6.07) is 3.18. The van der Waals surface area contributed by atoms with Crippen molar-refractivity contribution in [2.75, 3.05) is 6.61 Å². The van der Waals surface area contributed by atoms with E-state index in [-0.39, 0.29) is 6.61 Å². The van der Waals surface area contributed by atoms with Crippen molar-refractivity contribution in [3.8, 4) is 0 Å². The van der Waals surface area contributed by atoms with Gasteiger partial charge < -0.3 is 20.1 Å². The number of alkyl carbamates (subject to hydrolysis) is 2. The summed E-state index contributed by atoms with van der Waals surface area (Å²) in [6.07, 6.45) is -1.50. The Hall–Kier alpha value is -2.64. The molecule has 0 unspecified atom stereocenters. The molecular weight excluding hydrogens is 355 g/mol. The molecule has 1 saturated heterocycles. The highest BCUT2D eigenvalue weighted by Gasteiger charge is 2.44.